The highest BCUT2D eigenvalue weighted by atomic mass is 35.5. The summed E-state index contributed by atoms with van der Waals surface area (Å²) in [6.07, 6.45) is -2.81. The molecular formula is C11H9ClF3N3. The summed E-state index contributed by atoms with van der Waals surface area (Å²) in [7, 11) is 0. The number of halogens is 4. The molecule has 7 heteroatoms. The van der Waals surface area contributed by atoms with Gasteiger partial charge in [-0.3, -0.25) is 0 Å². The summed E-state index contributed by atoms with van der Waals surface area (Å²) in [6.45, 7) is 1.75. The van der Waals surface area contributed by atoms with Crippen molar-refractivity contribution in [3.05, 3.63) is 40.5 Å². The van der Waals surface area contributed by atoms with Crippen LogP contribution in [0.5, 0.6) is 0 Å². The summed E-state index contributed by atoms with van der Waals surface area (Å²) < 4.78 is 38.8. The number of aromatic nitrogens is 2. The van der Waals surface area contributed by atoms with Crippen LogP contribution in [0.4, 0.5) is 19.0 Å². The molecular weight excluding hydrogens is 267 g/mol. The van der Waals surface area contributed by atoms with Crippen molar-refractivity contribution in [2.24, 2.45) is 0 Å². The summed E-state index contributed by atoms with van der Waals surface area (Å²) in [4.78, 5) is 0. The summed E-state index contributed by atoms with van der Waals surface area (Å²) in [5.74, 6) is 0.311. The molecule has 0 unspecified atom stereocenters. The molecule has 1 heterocycles. The van der Waals surface area contributed by atoms with E-state index in [0.717, 1.165) is 17.7 Å². The zero-order valence-corrected chi connectivity index (χ0v) is 10.0. The molecule has 1 aromatic heterocycles. The first-order valence-electron chi connectivity index (χ1n) is 4.98. The number of alkyl halides is 3. The fraction of sp³-hybridized carbons (Fsp3) is 0.182. The van der Waals surface area contributed by atoms with E-state index in [1.165, 1.54) is 10.7 Å². The van der Waals surface area contributed by atoms with E-state index in [4.69, 9.17) is 17.3 Å². The third-order valence-corrected chi connectivity index (χ3v) is 2.76. The van der Waals surface area contributed by atoms with Gasteiger partial charge in [0.25, 0.3) is 0 Å². The smallest absolute Gasteiger partial charge is 0.382 e. The van der Waals surface area contributed by atoms with Gasteiger partial charge in [-0.25, -0.2) is 4.68 Å². The maximum atomic E-state index is 12.5. The van der Waals surface area contributed by atoms with Crippen LogP contribution >= 0.6 is 11.6 Å². The summed E-state index contributed by atoms with van der Waals surface area (Å²) in [6, 6.07) is 3.08. The average Bonchev–Trinajstić information content (AvgIpc) is 2.57. The lowest BCUT2D eigenvalue weighted by molar-refractivity contribution is -0.137. The average molecular weight is 276 g/mol. The number of nitrogen functional groups attached to an aromatic ring is 1. The van der Waals surface area contributed by atoms with Crippen LogP contribution < -0.4 is 5.73 Å². The Morgan fingerprint density at radius 2 is 2.00 bits per heavy atom. The Morgan fingerprint density at radius 3 is 2.44 bits per heavy atom. The Hall–Kier alpha value is -1.69. The Kier molecular flexibility index (Phi) is 2.98. The SMILES string of the molecule is Cc1cn(-c2ccc(C(F)(F)F)cc2Cl)nc1N. The molecule has 0 aliphatic heterocycles. The Balaban J connectivity index is 2.48. The fourth-order valence-electron chi connectivity index (χ4n) is 1.47. The molecule has 2 rings (SSSR count). The molecule has 1 aromatic carbocycles. The number of anilines is 1. The predicted octanol–water partition coefficient (Wildman–Crippen LogP) is 3.44. The van der Waals surface area contributed by atoms with Crippen molar-refractivity contribution in [1.82, 2.24) is 9.78 Å². The summed E-state index contributed by atoms with van der Waals surface area (Å²) in [5.41, 5.74) is 5.85. The molecule has 0 amide bonds. The van der Waals surface area contributed by atoms with E-state index in [2.05, 4.69) is 5.10 Å². The first-order chi connectivity index (χ1) is 8.29. The van der Waals surface area contributed by atoms with Gasteiger partial charge >= 0.3 is 6.18 Å². The standard InChI is InChI=1S/C11H9ClF3N3/c1-6-5-18(17-10(6)16)9-3-2-7(4-8(9)12)11(13,14)15/h2-5H,1H3,(H2,16,17). The first-order valence-corrected chi connectivity index (χ1v) is 5.35. The Labute approximate surface area is 106 Å². The molecule has 2 N–H and O–H groups in total. The van der Waals surface area contributed by atoms with Crippen LogP contribution in [0.1, 0.15) is 11.1 Å². The minimum Gasteiger partial charge on any atom is -0.382 e. The lowest BCUT2D eigenvalue weighted by Gasteiger charge is -2.09. The number of aryl methyl sites for hydroxylation is 1. The van der Waals surface area contributed by atoms with Crippen molar-refractivity contribution >= 4 is 17.4 Å². The van der Waals surface area contributed by atoms with Gasteiger partial charge in [0.2, 0.25) is 0 Å². The van der Waals surface area contributed by atoms with Gasteiger partial charge in [0.15, 0.2) is 0 Å². The fourth-order valence-corrected chi connectivity index (χ4v) is 1.73. The molecule has 96 valence electrons. The Morgan fingerprint density at radius 1 is 1.33 bits per heavy atom. The molecule has 0 aliphatic carbocycles. The van der Waals surface area contributed by atoms with Crippen LogP contribution in [0.25, 0.3) is 5.69 Å². The molecule has 18 heavy (non-hydrogen) atoms. The van der Waals surface area contributed by atoms with E-state index in [0.29, 0.717) is 11.5 Å². The second-order valence-electron chi connectivity index (χ2n) is 3.81. The number of benzene rings is 1. The van der Waals surface area contributed by atoms with Crippen molar-refractivity contribution in [3.63, 3.8) is 0 Å². The minimum absolute atomic E-state index is 0.0349. The summed E-state index contributed by atoms with van der Waals surface area (Å²) in [5, 5.41) is 3.93. The van der Waals surface area contributed by atoms with Crippen LogP contribution in [-0.2, 0) is 6.18 Å². The van der Waals surface area contributed by atoms with E-state index < -0.39 is 11.7 Å². The van der Waals surface area contributed by atoms with Gasteiger partial charge in [-0.1, -0.05) is 11.6 Å². The number of rotatable bonds is 1. The zero-order chi connectivity index (χ0) is 13.5. The molecule has 0 fully saturated rings. The number of nitrogens with two attached hydrogens (primary N) is 1. The normalized spacial score (nSPS) is 11.8. The second-order valence-corrected chi connectivity index (χ2v) is 4.21. The van der Waals surface area contributed by atoms with Gasteiger partial charge in [-0.2, -0.15) is 18.3 Å². The van der Waals surface area contributed by atoms with Gasteiger partial charge in [0.05, 0.1) is 16.3 Å². The van der Waals surface area contributed by atoms with Gasteiger partial charge in [-0.05, 0) is 25.1 Å². The van der Waals surface area contributed by atoms with Crippen molar-refractivity contribution in [3.8, 4) is 5.69 Å². The molecule has 3 nitrogen and oxygen atoms in total. The van der Waals surface area contributed by atoms with Crippen molar-refractivity contribution < 1.29 is 13.2 Å². The molecule has 0 saturated carbocycles. The van der Waals surface area contributed by atoms with Crippen LogP contribution in [0.2, 0.25) is 5.02 Å². The number of hydrogen-bond donors (Lipinski definition) is 1. The largest absolute Gasteiger partial charge is 0.416 e. The quantitative estimate of drug-likeness (QED) is 0.866. The molecule has 0 spiro atoms. The van der Waals surface area contributed by atoms with Gasteiger partial charge < -0.3 is 5.73 Å². The first kappa shape index (κ1) is 12.8. The van der Waals surface area contributed by atoms with Crippen LogP contribution in [0, 0.1) is 6.92 Å². The van der Waals surface area contributed by atoms with Crippen LogP contribution in [0.3, 0.4) is 0 Å². The second kappa shape index (κ2) is 4.20. The highest BCUT2D eigenvalue weighted by molar-refractivity contribution is 6.32. The highest BCUT2D eigenvalue weighted by Gasteiger charge is 2.31. The van der Waals surface area contributed by atoms with Crippen molar-refractivity contribution in [2.45, 2.75) is 13.1 Å². The molecule has 0 bridgehead atoms. The molecule has 0 atom stereocenters. The van der Waals surface area contributed by atoms with E-state index in [1.54, 1.807) is 13.1 Å². The number of nitrogens with zero attached hydrogens (tertiary/aromatic N) is 2. The predicted molar refractivity (Wildman–Crippen MR) is 62.7 cm³/mol. The third-order valence-electron chi connectivity index (χ3n) is 2.46. The zero-order valence-electron chi connectivity index (χ0n) is 9.29. The lowest BCUT2D eigenvalue weighted by atomic mass is 10.2. The van der Waals surface area contributed by atoms with Gasteiger partial charge in [0, 0.05) is 11.8 Å². The topological polar surface area (TPSA) is 43.8 Å². The number of hydrogen-bond acceptors (Lipinski definition) is 2. The molecule has 2 aromatic rings. The van der Waals surface area contributed by atoms with Crippen molar-refractivity contribution in [2.75, 3.05) is 5.73 Å². The highest BCUT2D eigenvalue weighted by Crippen LogP contribution is 2.33. The maximum absolute atomic E-state index is 12.5. The lowest BCUT2D eigenvalue weighted by Crippen LogP contribution is -2.06. The van der Waals surface area contributed by atoms with E-state index in [-0.39, 0.29) is 5.02 Å². The van der Waals surface area contributed by atoms with Gasteiger partial charge in [-0.15, -0.1) is 0 Å². The van der Waals surface area contributed by atoms with E-state index in [1.807, 2.05) is 0 Å². The minimum atomic E-state index is -4.42. The van der Waals surface area contributed by atoms with E-state index in [9.17, 15) is 13.2 Å². The van der Waals surface area contributed by atoms with Gasteiger partial charge in [0.1, 0.15) is 5.82 Å². The maximum Gasteiger partial charge on any atom is 0.416 e. The van der Waals surface area contributed by atoms with Crippen LogP contribution in [-0.4, -0.2) is 9.78 Å². The molecule has 0 aliphatic rings. The summed E-state index contributed by atoms with van der Waals surface area (Å²) >= 11 is 5.83. The van der Waals surface area contributed by atoms with E-state index >= 15 is 0 Å². The third kappa shape index (κ3) is 2.28. The Bertz CT molecular complexity index is 570. The van der Waals surface area contributed by atoms with Crippen molar-refractivity contribution in [1.29, 1.82) is 0 Å². The monoisotopic (exact) mass is 275 g/mol. The van der Waals surface area contributed by atoms with Crippen LogP contribution in [0.15, 0.2) is 24.4 Å². The molecule has 0 radical (unpaired) electrons. The molecule has 0 saturated heterocycles.